The first-order chi connectivity index (χ1) is 14.3. The summed E-state index contributed by atoms with van der Waals surface area (Å²) in [6, 6.07) is 25.1. The van der Waals surface area contributed by atoms with Gasteiger partial charge in [-0.1, -0.05) is 54.6 Å². The molecule has 29 heavy (non-hydrogen) atoms. The smallest absolute Gasteiger partial charge is 0.267 e. The van der Waals surface area contributed by atoms with Crippen LogP contribution >= 0.6 is 0 Å². The Labute approximate surface area is 169 Å². The molecule has 0 aliphatic carbocycles. The predicted molar refractivity (Wildman–Crippen MR) is 116 cm³/mol. The van der Waals surface area contributed by atoms with Crippen molar-refractivity contribution in [1.82, 2.24) is 15.4 Å². The fraction of sp³-hybridized carbons (Fsp3) is 0.0833. The van der Waals surface area contributed by atoms with Gasteiger partial charge in [0.05, 0.1) is 22.5 Å². The SMILES string of the molecule is O=C(NN=CCCc1ccccc1)c1cc(-c2ccccn2)nc2ccccc12. The normalized spacial score (nSPS) is 11.0. The van der Waals surface area contributed by atoms with E-state index in [0.29, 0.717) is 11.3 Å². The van der Waals surface area contributed by atoms with Gasteiger partial charge in [0.15, 0.2) is 0 Å². The number of carbonyl (C=O) groups excluding carboxylic acids is 1. The second-order valence-electron chi connectivity index (χ2n) is 6.56. The highest BCUT2D eigenvalue weighted by molar-refractivity contribution is 6.07. The van der Waals surface area contributed by atoms with Crippen LogP contribution in [0, 0.1) is 0 Å². The predicted octanol–water partition coefficient (Wildman–Crippen LogP) is 4.65. The lowest BCUT2D eigenvalue weighted by Gasteiger charge is -2.08. The van der Waals surface area contributed by atoms with Gasteiger partial charge in [0.25, 0.3) is 5.91 Å². The van der Waals surface area contributed by atoms with E-state index in [4.69, 9.17) is 0 Å². The van der Waals surface area contributed by atoms with Crippen molar-refractivity contribution in [3.8, 4) is 11.4 Å². The van der Waals surface area contributed by atoms with Gasteiger partial charge in [0.1, 0.15) is 0 Å². The van der Waals surface area contributed by atoms with Crippen molar-refractivity contribution in [2.45, 2.75) is 12.8 Å². The summed E-state index contributed by atoms with van der Waals surface area (Å²) < 4.78 is 0. The number of aromatic nitrogens is 2. The number of nitrogens with one attached hydrogen (secondary N) is 1. The molecule has 2 aromatic heterocycles. The average Bonchev–Trinajstić information content (AvgIpc) is 2.79. The highest BCUT2D eigenvalue weighted by Gasteiger charge is 2.13. The zero-order valence-electron chi connectivity index (χ0n) is 15.8. The molecular formula is C24H20N4O. The molecule has 0 spiro atoms. The highest BCUT2D eigenvalue weighted by atomic mass is 16.2. The van der Waals surface area contributed by atoms with E-state index < -0.39 is 0 Å². The van der Waals surface area contributed by atoms with Gasteiger partial charge in [0.2, 0.25) is 0 Å². The number of amides is 1. The number of fused-ring (bicyclic) bond motifs is 1. The second kappa shape index (κ2) is 8.89. The van der Waals surface area contributed by atoms with Gasteiger partial charge in [-0.2, -0.15) is 5.10 Å². The van der Waals surface area contributed by atoms with Crippen LogP contribution in [0.3, 0.4) is 0 Å². The Kier molecular flexibility index (Phi) is 5.67. The molecular weight excluding hydrogens is 360 g/mol. The molecule has 5 nitrogen and oxygen atoms in total. The lowest BCUT2D eigenvalue weighted by molar-refractivity contribution is 0.0956. The van der Waals surface area contributed by atoms with E-state index in [1.54, 1.807) is 18.5 Å². The number of hydrogen-bond acceptors (Lipinski definition) is 4. The second-order valence-corrected chi connectivity index (χ2v) is 6.56. The third kappa shape index (κ3) is 4.52. The standard InChI is InChI=1S/C24H20N4O/c29-24(28-26-16-8-11-18-9-2-1-3-10-18)20-17-23(22-14-6-7-15-25-22)27-21-13-5-4-12-19(20)21/h1-7,9-10,12-17H,8,11H2,(H,28,29). The molecule has 0 atom stereocenters. The molecule has 0 bridgehead atoms. The zero-order valence-corrected chi connectivity index (χ0v) is 15.8. The summed E-state index contributed by atoms with van der Waals surface area (Å²) in [5, 5.41) is 4.89. The number of hydrogen-bond donors (Lipinski definition) is 1. The van der Waals surface area contributed by atoms with E-state index in [1.807, 2.05) is 60.7 Å². The van der Waals surface area contributed by atoms with Crippen LogP contribution < -0.4 is 5.43 Å². The Bertz CT molecular complexity index is 1140. The molecule has 0 aliphatic rings. The molecule has 2 aromatic carbocycles. The number of para-hydroxylation sites is 1. The van der Waals surface area contributed by atoms with Gasteiger partial charge >= 0.3 is 0 Å². The van der Waals surface area contributed by atoms with Crippen molar-refractivity contribution in [2.75, 3.05) is 0 Å². The highest BCUT2D eigenvalue weighted by Crippen LogP contribution is 2.23. The molecule has 1 amide bonds. The molecule has 142 valence electrons. The van der Waals surface area contributed by atoms with Crippen LogP contribution in [0.25, 0.3) is 22.3 Å². The number of pyridine rings is 2. The van der Waals surface area contributed by atoms with Crippen molar-refractivity contribution < 1.29 is 4.79 Å². The van der Waals surface area contributed by atoms with Crippen LogP contribution in [-0.4, -0.2) is 22.1 Å². The monoisotopic (exact) mass is 380 g/mol. The van der Waals surface area contributed by atoms with E-state index in [9.17, 15) is 4.79 Å². The molecule has 0 fully saturated rings. The van der Waals surface area contributed by atoms with Gasteiger partial charge < -0.3 is 0 Å². The topological polar surface area (TPSA) is 67.2 Å². The van der Waals surface area contributed by atoms with Crippen LogP contribution in [-0.2, 0) is 6.42 Å². The van der Waals surface area contributed by atoms with Crippen molar-refractivity contribution in [1.29, 1.82) is 0 Å². The third-order valence-corrected chi connectivity index (χ3v) is 4.55. The summed E-state index contributed by atoms with van der Waals surface area (Å²) in [7, 11) is 0. The Morgan fingerprint density at radius 1 is 0.931 bits per heavy atom. The number of carbonyl (C=O) groups is 1. The molecule has 4 aromatic rings. The number of benzene rings is 2. The summed E-state index contributed by atoms with van der Waals surface area (Å²) in [5.41, 5.74) is 6.52. The van der Waals surface area contributed by atoms with Crippen molar-refractivity contribution in [3.05, 3.63) is 96.2 Å². The maximum atomic E-state index is 12.8. The van der Waals surface area contributed by atoms with E-state index in [1.165, 1.54) is 5.56 Å². The third-order valence-electron chi connectivity index (χ3n) is 4.55. The van der Waals surface area contributed by atoms with Gasteiger partial charge in [-0.3, -0.25) is 9.78 Å². The Morgan fingerprint density at radius 3 is 2.55 bits per heavy atom. The first kappa shape index (κ1) is 18.5. The number of nitrogens with zero attached hydrogens (tertiary/aromatic N) is 3. The Morgan fingerprint density at radius 2 is 1.72 bits per heavy atom. The minimum absolute atomic E-state index is 0.267. The quantitative estimate of drug-likeness (QED) is 0.391. The lowest BCUT2D eigenvalue weighted by Crippen LogP contribution is -2.18. The maximum Gasteiger partial charge on any atom is 0.272 e. The first-order valence-corrected chi connectivity index (χ1v) is 9.48. The number of aryl methyl sites for hydroxylation is 1. The summed E-state index contributed by atoms with van der Waals surface area (Å²) in [6.45, 7) is 0. The first-order valence-electron chi connectivity index (χ1n) is 9.48. The minimum atomic E-state index is -0.267. The molecule has 1 N–H and O–H groups in total. The number of hydrazone groups is 1. The fourth-order valence-electron chi connectivity index (χ4n) is 3.11. The molecule has 0 aliphatic heterocycles. The molecule has 5 heteroatoms. The van der Waals surface area contributed by atoms with Crippen LogP contribution in [0.1, 0.15) is 22.3 Å². The van der Waals surface area contributed by atoms with E-state index in [2.05, 4.69) is 32.6 Å². The Balaban J connectivity index is 1.52. The molecule has 0 saturated heterocycles. The van der Waals surface area contributed by atoms with Gasteiger partial charge in [-0.25, -0.2) is 10.4 Å². The Hall–Kier alpha value is -3.86. The molecule has 0 radical (unpaired) electrons. The van der Waals surface area contributed by atoms with Gasteiger partial charge in [0, 0.05) is 17.8 Å². The molecule has 0 saturated carbocycles. The summed E-state index contributed by atoms with van der Waals surface area (Å²) >= 11 is 0. The zero-order chi connectivity index (χ0) is 19.9. The average molecular weight is 380 g/mol. The minimum Gasteiger partial charge on any atom is -0.267 e. The summed E-state index contributed by atoms with van der Waals surface area (Å²) in [5.74, 6) is -0.267. The van der Waals surface area contributed by atoms with Crippen molar-refractivity contribution in [3.63, 3.8) is 0 Å². The molecule has 4 rings (SSSR count). The van der Waals surface area contributed by atoms with Crippen LogP contribution in [0.15, 0.2) is 90.2 Å². The van der Waals surface area contributed by atoms with E-state index >= 15 is 0 Å². The maximum absolute atomic E-state index is 12.8. The lowest BCUT2D eigenvalue weighted by atomic mass is 10.1. The fourth-order valence-corrected chi connectivity index (χ4v) is 3.11. The number of rotatable bonds is 6. The van der Waals surface area contributed by atoms with Crippen LogP contribution in [0.5, 0.6) is 0 Å². The van der Waals surface area contributed by atoms with Crippen LogP contribution in [0.2, 0.25) is 0 Å². The van der Waals surface area contributed by atoms with Gasteiger partial charge in [-0.05, 0) is 42.7 Å². The van der Waals surface area contributed by atoms with Crippen LogP contribution in [0.4, 0.5) is 0 Å². The molecule has 2 heterocycles. The largest absolute Gasteiger partial charge is 0.272 e. The summed E-state index contributed by atoms with van der Waals surface area (Å²) in [4.78, 5) is 21.8. The molecule has 0 unspecified atom stereocenters. The van der Waals surface area contributed by atoms with E-state index in [0.717, 1.165) is 29.4 Å². The van der Waals surface area contributed by atoms with Crippen molar-refractivity contribution in [2.24, 2.45) is 5.10 Å². The van der Waals surface area contributed by atoms with Gasteiger partial charge in [-0.15, -0.1) is 0 Å². The van der Waals surface area contributed by atoms with E-state index in [-0.39, 0.29) is 5.91 Å². The summed E-state index contributed by atoms with van der Waals surface area (Å²) in [6.07, 6.45) is 5.07. The van der Waals surface area contributed by atoms with Crippen molar-refractivity contribution >= 4 is 23.0 Å².